The standard InChI is InChI=1S/C37H44FNO6S/c1-33(2,3)39-24-8-6-7-21(14-24)13-22-15-28(46-20-22)32-44-31-17-27-26-10-9-23-16-25(41)11-12-34(23,4)36(26,38)29(42)18-35(27,5)37(31,45-32)30(43)19-40/h6-8,11-12,14-16,20,26-27,29,31-32,39-40,42H,9-10,13,17-19H2,1-5H3/t26-,27-,29-,31+,32+,34-,35-,36-,37+/m0/s1. The molecule has 0 bridgehead atoms. The second-order valence-electron chi connectivity index (χ2n) is 15.5. The van der Waals surface area contributed by atoms with Crippen LogP contribution in [0.15, 0.2) is 59.5 Å². The highest BCUT2D eigenvalue weighted by atomic mass is 32.1. The number of fused-ring (bicyclic) bond motifs is 7. The van der Waals surface area contributed by atoms with Gasteiger partial charge in [0.05, 0.1) is 17.1 Å². The fourth-order valence-corrected chi connectivity index (χ4v) is 10.6. The molecule has 7 rings (SSSR count). The number of benzene rings is 1. The maximum Gasteiger partial charge on any atom is 0.194 e. The Bertz CT molecular complexity index is 1640. The zero-order chi connectivity index (χ0) is 32.9. The smallest absolute Gasteiger partial charge is 0.194 e. The van der Waals surface area contributed by atoms with Crippen molar-refractivity contribution in [3.63, 3.8) is 0 Å². The lowest BCUT2D eigenvalue weighted by molar-refractivity contribution is -0.231. The number of aliphatic hydroxyl groups is 2. The van der Waals surface area contributed by atoms with Gasteiger partial charge in [0.25, 0.3) is 0 Å². The van der Waals surface area contributed by atoms with Crippen molar-refractivity contribution in [2.75, 3.05) is 11.9 Å². The lowest BCUT2D eigenvalue weighted by atomic mass is 9.44. The number of Topliss-reactive ketones (excluding diaryl/α,β-unsaturated/α-hetero) is 1. The molecule has 1 aliphatic heterocycles. The van der Waals surface area contributed by atoms with Gasteiger partial charge >= 0.3 is 0 Å². The van der Waals surface area contributed by atoms with E-state index in [1.165, 1.54) is 23.5 Å². The van der Waals surface area contributed by atoms with E-state index in [0.717, 1.165) is 21.7 Å². The summed E-state index contributed by atoms with van der Waals surface area (Å²) in [5.74, 6) is -1.57. The Labute approximate surface area is 273 Å². The van der Waals surface area contributed by atoms with Crippen LogP contribution >= 0.6 is 11.3 Å². The van der Waals surface area contributed by atoms with Crippen LogP contribution in [-0.2, 0) is 25.5 Å². The van der Waals surface area contributed by atoms with Crippen LogP contribution in [0.25, 0.3) is 0 Å². The van der Waals surface area contributed by atoms with Gasteiger partial charge in [0, 0.05) is 28.0 Å². The molecule has 1 aromatic carbocycles. The summed E-state index contributed by atoms with van der Waals surface area (Å²) in [4.78, 5) is 26.8. The molecular weight excluding hydrogens is 605 g/mol. The Morgan fingerprint density at radius 1 is 1.17 bits per heavy atom. The SMILES string of the molecule is CC(C)(C)Nc1cccc(Cc2csc([C@@H]3O[C@@H]4C[C@H]5[C@@H]6CCC7=CC(=O)C=C[C@]7(C)[C@@]6(F)[C@@H](O)C[C@]5(C)[C@]4(C(=O)CO)O3)c2)c1. The number of aliphatic hydroxyl groups excluding tert-OH is 2. The highest BCUT2D eigenvalue weighted by Gasteiger charge is 2.79. The first kappa shape index (κ1) is 31.9. The van der Waals surface area contributed by atoms with E-state index >= 15 is 4.39 Å². The first-order valence-corrected chi connectivity index (χ1v) is 17.3. The molecule has 1 saturated heterocycles. The number of carbonyl (C=O) groups is 2. The minimum Gasteiger partial charge on any atom is -0.390 e. The highest BCUT2D eigenvalue weighted by molar-refractivity contribution is 7.10. The number of ketones is 2. The predicted molar refractivity (Wildman–Crippen MR) is 174 cm³/mol. The second-order valence-corrected chi connectivity index (χ2v) is 16.4. The third-order valence-corrected chi connectivity index (χ3v) is 12.7. The van der Waals surface area contributed by atoms with Gasteiger partial charge in [0.2, 0.25) is 0 Å². The van der Waals surface area contributed by atoms with E-state index in [4.69, 9.17) is 9.47 Å². The number of hydrogen-bond donors (Lipinski definition) is 3. The Kier molecular flexibility index (Phi) is 7.39. The molecule has 3 saturated carbocycles. The molecule has 246 valence electrons. The molecular formula is C37H44FNO6S. The van der Waals surface area contributed by atoms with E-state index in [0.29, 0.717) is 31.3 Å². The molecule has 5 aliphatic rings. The summed E-state index contributed by atoms with van der Waals surface area (Å²) in [7, 11) is 0. The van der Waals surface area contributed by atoms with Crippen molar-refractivity contribution in [2.24, 2.45) is 22.7 Å². The number of thiophene rings is 1. The topological polar surface area (TPSA) is 105 Å². The number of rotatable bonds is 6. The Morgan fingerprint density at radius 3 is 2.70 bits per heavy atom. The minimum absolute atomic E-state index is 0.0255. The van der Waals surface area contributed by atoms with Crippen LogP contribution < -0.4 is 5.32 Å². The summed E-state index contributed by atoms with van der Waals surface area (Å²) in [5, 5.41) is 27.6. The maximum atomic E-state index is 17.6. The van der Waals surface area contributed by atoms with E-state index in [1.54, 1.807) is 13.0 Å². The fraction of sp³-hybridized carbons (Fsp3) is 0.568. The van der Waals surface area contributed by atoms with E-state index in [1.807, 2.05) is 19.1 Å². The second kappa shape index (κ2) is 10.7. The third kappa shape index (κ3) is 4.49. The predicted octanol–water partition coefficient (Wildman–Crippen LogP) is 6.24. The first-order chi connectivity index (χ1) is 21.6. The molecule has 4 fully saturated rings. The highest BCUT2D eigenvalue weighted by Crippen LogP contribution is 2.72. The van der Waals surface area contributed by atoms with Gasteiger partial charge in [-0.2, -0.15) is 0 Å². The number of carbonyl (C=O) groups excluding carboxylic acids is 2. The summed E-state index contributed by atoms with van der Waals surface area (Å²) in [6, 6.07) is 10.4. The monoisotopic (exact) mass is 649 g/mol. The van der Waals surface area contributed by atoms with Crippen LogP contribution in [0.2, 0.25) is 0 Å². The third-order valence-electron chi connectivity index (χ3n) is 11.7. The van der Waals surface area contributed by atoms with Crippen molar-refractivity contribution in [1.29, 1.82) is 0 Å². The molecule has 0 spiro atoms. The summed E-state index contributed by atoms with van der Waals surface area (Å²) in [6.45, 7) is 9.33. The van der Waals surface area contributed by atoms with Crippen molar-refractivity contribution in [1.82, 2.24) is 0 Å². The Hall–Kier alpha value is -2.69. The summed E-state index contributed by atoms with van der Waals surface area (Å²) < 4.78 is 30.9. The van der Waals surface area contributed by atoms with E-state index in [-0.39, 0.29) is 23.7 Å². The van der Waals surface area contributed by atoms with Gasteiger partial charge in [-0.15, -0.1) is 11.3 Å². The van der Waals surface area contributed by atoms with Gasteiger partial charge in [-0.1, -0.05) is 30.7 Å². The lowest BCUT2D eigenvalue weighted by Gasteiger charge is -2.62. The molecule has 3 N–H and O–H groups in total. The molecule has 9 atom stereocenters. The summed E-state index contributed by atoms with van der Waals surface area (Å²) in [5.41, 5.74) is -1.68. The number of hydrogen-bond acceptors (Lipinski definition) is 8. The van der Waals surface area contributed by atoms with Crippen LogP contribution in [0, 0.1) is 22.7 Å². The molecule has 2 aromatic rings. The van der Waals surface area contributed by atoms with Crippen molar-refractivity contribution in [2.45, 2.75) is 102 Å². The van der Waals surface area contributed by atoms with Gasteiger partial charge < -0.3 is 25.0 Å². The summed E-state index contributed by atoms with van der Waals surface area (Å²) >= 11 is 1.51. The number of halogens is 1. The average molecular weight is 650 g/mol. The quantitative estimate of drug-likeness (QED) is 0.340. The number of allylic oxidation sites excluding steroid dienone is 4. The van der Waals surface area contributed by atoms with Crippen LogP contribution in [0.5, 0.6) is 0 Å². The molecule has 9 heteroatoms. The number of nitrogens with one attached hydrogen (secondary N) is 1. The van der Waals surface area contributed by atoms with Gasteiger partial charge in [-0.3, -0.25) is 9.59 Å². The van der Waals surface area contributed by atoms with E-state index in [9.17, 15) is 19.8 Å². The van der Waals surface area contributed by atoms with Gasteiger partial charge in [-0.25, -0.2) is 4.39 Å². The van der Waals surface area contributed by atoms with Gasteiger partial charge in [-0.05, 0) is 113 Å². The van der Waals surface area contributed by atoms with Crippen LogP contribution in [0.3, 0.4) is 0 Å². The van der Waals surface area contributed by atoms with E-state index < -0.39 is 58.9 Å². The molecule has 1 aromatic heterocycles. The van der Waals surface area contributed by atoms with Crippen molar-refractivity contribution < 1.29 is 33.7 Å². The Morgan fingerprint density at radius 2 is 1.96 bits per heavy atom. The molecule has 2 heterocycles. The molecule has 7 nitrogen and oxygen atoms in total. The average Bonchev–Trinajstić information content (AvgIpc) is 3.66. The fourth-order valence-electron chi connectivity index (χ4n) is 9.74. The van der Waals surface area contributed by atoms with E-state index in [2.05, 4.69) is 49.7 Å². The van der Waals surface area contributed by atoms with Crippen molar-refractivity contribution in [3.8, 4) is 0 Å². The van der Waals surface area contributed by atoms with Crippen molar-refractivity contribution in [3.05, 3.63) is 75.5 Å². The Balaban J connectivity index is 1.17. The van der Waals surface area contributed by atoms with Crippen LogP contribution in [0.4, 0.5) is 10.1 Å². The molecule has 46 heavy (non-hydrogen) atoms. The largest absolute Gasteiger partial charge is 0.390 e. The molecule has 0 radical (unpaired) electrons. The van der Waals surface area contributed by atoms with Crippen LogP contribution in [0.1, 0.15) is 82.6 Å². The molecule has 0 unspecified atom stereocenters. The lowest BCUT2D eigenvalue weighted by Crippen LogP contribution is -2.69. The number of ether oxygens (including phenoxy) is 2. The number of anilines is 1. The van der Waals surface area contributed by atoms with Crippen molar-refractivity contribution >= 4 is 28.6 Å². The maximum absolute atomic E-state index is 17.6. The zero-order valence-corrected chi connectivity index (χ0v) is 28.0. The van der Waals surface area contributed by atoms with Gasteiger partial charge in [0.15, 0.2) is 29.1 Å². The summed E-state index contributed by atoms with van der Waals surface area (Å²) in [6.07, 6.45) is 3.67. The van der Waals surface area contributed by atoms with Crippen LogP contribution in [-0.4, -0.2) is 57.4 Å². The zero-order valence-electron chi connectivity index (χ0n) is 27.1. The van der Waals surface area contributed by atoms with Gasteiger partial charge in [0.1, 0.15) is 6.61 Å². The molecule has 0 amide bonds. The number of alkyl halides is 1. The first-order valence-electron chi connectivity index (χ1n) is 16.4. The molecule has 4 aliphatic carbocycles. The minimum atomic E-state index is -2.03. The normalized spacial score (nSPS) is 39.7.